The van der Waals surface area contributed by atoms with E-state index >= 15 is 0 Å². The van der Waals surface area contributed by atoms with Gasteiger partial charge in [0.15, 0.2) is 0 Å². The fourth-order valence-corrected chi connectivity index (χ4v) is 3.30. The second kappa shape index (κ2) is 6.36. The fraction of sp³-hybridized carbons (Fsp3) is 0.412. The summed E-state index contributed by atoms with van der Waals surface area (Å²) in [6, 6.07) is 4.27. The first-order valence-corrected chi connectivity index (χ1v) is 7.78. The predicted octanol–water partition coefficient (Wildman–Crippen LogP) is 1.88. The molecule has 2 N–H and O–H groups in total. The van der Waals surface area contributed by atoms with Gasteiger partial charge in [-0.3, -0.25) is 9.59 Å². The molecule has 2 heterocycles. The second-order valence-corrected chi connectivity index (χ2v) is 6.22. The molecule has 1 aromatic carbocycles. The first-order valence-electron chi connectivity index (χ1n) is 7.78. The van der Waals surface area contributed by atoms with E-state index in [4.69, 9.17) is 9.47 Å². The third-order valence-corrected chi connectivity index (χ3v) is 4.67. The van der Waals surface area contributed by atoms with Crippen molar-refractivity contribution in [1.29, 1.82) is 0 Å². The molecule has 0 saturated carbocycles. The number of aromatic amines is 1. The predicted molar refractivity (Wildman–Crippen MR) is 87.3 cm³/mol. The Morgan fingerprint density at radius 3 is 2.80 bits per heavy atom. The van der Waals surface area contributed by atoms with Crippen LogP contribution in [0.2, 0.25) is 0 Å². The Hall–Kier alpha value is -2.61. The number of carbonyl (C=O) groups excluding carboxylic acids is 1. The first kappa shape index (κ1) is 17.2. The number of nitrogens with one attached hydrogen (secondary N) is 1. The first-order chi connectivity index (χ1) is 11.9. The third kappa shape index (κ3) is 2.82. The van der Waals surface area contributed by atoms with Gasteiger partial charge in [-0.15, -0.1) is 0 Å². The summed E-state index contributed by atoms with van der Waals surface area (Å²) in [6.07, 6.45) is 0.305. The minimum Gasteiger partial charge on any atom is -0.496 e. The summed E-state index contributed by atoms with van der Waals surface area (Å²) in [7, 11) is 2.90. The second-order valence-electron chi connectivity index (χ2n) is 6.22. The minimum atomic E-state index is -1.11. The van der Waals surface area contributed by atoms with Crippen LogP contribution in [0.3, 0.4) is 0 Å². The smallest absolute Gasteiger partial charge is 0.313 e. The van der Waals surface area contributed by atoms with E-state index in [1.807, 2.05) is 0 Å². The highest BCUT2D eigenvalue weighted by atomic mass is 19.1. The molecule has 2 aromatic rings. The summed E-state index contributed by atoms with van der Waals surface area (Å²) >= 11 is 0. The van der Waals surface area contributed by atoms with Gasteiger partial charge in [0.2, 0.25) is 0 Å². The number of methoxy groups -OCH3 is 2. The monoisotopic (exact) mass is 350 g/mol. The van der Waals surface area contributed by atoms with Gasteiger partial charge in [-0.05, 0) is 24.6 Å². The number of hydrogen-bond acceptors (Lipinski definition) is 4. The molecule has 1 amide bonds. The van der Waals surface area contributed by atoms with Crippen molar-refractivity contribution in [3.8, 4) is 5.75 Å². The highest BCUT2D eigenvalue weighted by molar-refractivity contribution is 6.00. The highest BCUT2D eigenvalue weighted by Gasteiger charge is 2.46. The lowest BCUT2D eigenvalue weighted by atomic mass is 9.88. The molecule has 3 rings (SSSR count). The van der Waals surface area contributed by atoms with Gasteiger partial charge in [-0.1, -0.05) is 0 Å². The van der Waals surface area contributed by atoms with Gasteiger partial charge < -0.3 is 24.5 Å². The van der Waals surface area contributed by atoms with E-state index in [-0.39, 0.29) is 30.3 Å². The SMILES string of the molecule is COCC1(C(=O)O)CCN(C(=O)c2cc3c(OC)ccc(F)c3[nH]2)C1. The average molecular weight is 350 g/mol. The van der Waals surface area contributed by atoms with Gasteiger partial charge in [0.1, 0.15) is 22.7 Å². The molecule has 0 spiro atoms. The molecule has 0 radical (unpaired) electrons. The van der Waals surface area contributed by atoms with Gasteiger partial charge >= 0.3 is 5.97 Å². The van der Waals surface area contributed by atoms with Crippen LogP contribution in [0.25, 0.3) is 10.9 Å². The normalized spacial score (nSPS) is 20.2. The lowest BCUT2D eigenvalue weighted by Gasteiger charge is -2.23. The van der Waals surface area contributed by atoms with Crippen molar-refractivity contribution in [2.75, 3.05) is 33.9 Å². The number of rotatable bonds is 5. The molecule has 1 atom stereocenters. The van der Waals surface area contributed by atoms with Crippen molar-refractivity contribution in [2.45, 2.75) is 6.42 Å². The zero-order valence-electron chi connectivity index (χ0n) is 14.0. The van der Waals surface area contributed by atoms with Crippen LogP contribution >= 0.6 is 0 Å². The molecule has 1 aliphatic heterocycles. The van der Waals surface area contributed by atoms with E-state index in [1.165, 1.54) is 37.3 Å². The molecule has 0 bridgehead atoms. The number of benzene rings is 1. The van der Waals surface area contributed by atoms with E-state index in [0.29, 0.717) is 24.1 Å². The number of carboxylic acids is 1. The molecule has 1 aromatic heterocycles. The van der Waals surface area contributed by atoms with Crippen molar-refractivity contribution in [3.05, 3.63) is 29.7 Å². The van der Waals surface area contributed by atoms with E-state index in [9.17, 15) is 19.1 Å². The Morgan fingerprint density at radius 2 is 2.16 bits per heavy atom. The maximum Gasteiger partial charge on any atom is 0.313 e. The van der Waals surface area contributed by atoms with Crippen molar-refractivity contribution in [3.63, 3.8) is 0 Å². The largest absolute Gasteiger partial charge is 0.496 e. The molecule has 8 heteroatoms. The number of halogens is 1. The molecule has 0 aliphatic carbocycles. The van der Waals surface area contributed by atoms with Crippen molar-refractivity contribution in [2.24, 2.45) is 5.41 Å². The van der Waals surface area contributed by atoms with Gasteiger partial charge in [0.05, 0.1) is 19.2 Å². The molecule has 1 aliphatic rings. The Bertz CT molecular complexity index is 834. The zero-order valence-corrected chi connectivity index (χ0v) is 14.0. The lowest BCUT2D eigenvalue weighted by molar-refractivity contribution is -0.151. The van der Waals surface area contributed by atoms with Gasteiger partial charge in [-0.2, -0.15) is 0 Å². The maximum atomic E-state index is 14.0. The molecule has 1 saturated heterocycles. The fourth-order valence-electron chi connectivity index (χ4n) is 3.30. The Morgan fingerprint density at radius 1 is 1.40 bits per heavy atom. The zero-order chi connectivity index (χ0) is 18.2. The number of carbonyl (C=O) groups is 2. The van der Waals surface area contributed by atoms with Crippen LogP contribution in [-0.4, -0.2) is 60.8 Å². The van der Waals surface area contributed by atoms with Gasteiger partial charge in [0, 0.05) is 25.6 Å². The van der Waals surface area contributed by atoms with E-state index in [2.05, 4.69) is 4.98 Å². The van der Waals surface area contributed by atoms with E-state index < -0.39 is 17.2 Å². The van der Waals surface area contributed by atoms with Crippen molar-refractivity contribution in [1.82, 2.24) is 9.88 Å². The van der Waals surface area contributed by atoms with Gasteiger partial charge in [0.25, 0.3) is 5.91 Å². The molecule has 134 valence electrons. The summed E-state index contributed by atoms with van der Waals surface area (Å²) in [5, 5.41) is 9.96. The van der Waals surface area contributed by atoms with E-state index in [0.717, 1.165) is 0 Å². The third-order valence-electron chi connectivity index (χ3n) is 4.67. The minimum absolute atomic E-state index is 0.0290. The van der Waals surface area contributed by atoms with Crippen molar-refractivity contribution >= 4 is 22.8 Å². The lowest BCUT2D eigenvalue weighted by Crippen LogP contribution is -2.40. The standard InChI is InChI=1S/C17H19FN2O5/c1-24-9-17(16(22)23)5-6-20(8-17)15(21)12-7-10-13(25-2)4-3-11(18)14(10)19-12/h3-4,7,19H,5-6,8-9H2,1-2H3,(H,22,23). The van der Waals surface area contributed by atoms with Crippen LogP contribution in [0.15, 0.2) is 18.2 Å². The molecular formula is C17H19FN2O5. The summed E-state index contributed by atoms with van der Waals surface area (Å²) in [4.78, 5) is 28.6. The van der Waals surface area contributed by atoms with Gasteiger partial charge in [-0.25, -0.2) is 4.39 Å². The van der Waals surface area contributed by atoms with Crippen LogP contribution in [0.4, 0.5) is 4.39 Å². The maximum absolute atomic E-state index is 14.0. The van der Waals surface area contributed by atoms with Crippen LogP contribution in [-0.2, 0) is 9.53 Å². The number of aromatic nitrogens is 1. The van der Waals surface area contributed by atoms with Crippen LogP contribution in [0.5, 0.6) is 5.75 Å². The van der Waals surface area contributed by atoms with E-state index in [1.54, 1.807) is 0 Å². The van der Waals surface area contributed by atoms with Crippen LogP contribution in [0.1, 0.15) is 16.9 Å². The number of carboxylic acid groups (broad SMARTS) is 1. The van der Waals surface area contributed by atoms with Crippen LogP contribution in [0, 0.1) is 11.2 Å². The number of fused-ring (bicyclic) bond motifs is 1. The molecular weight excluding hydrogens is 331 g/mol. The number of ether oxygens (including phenoxy) is 2. The quantitative estimate of drug-likeness (QED) is 0.859. The Kier molecular flexibility index (Phi) is 4.38. The summed E-state index contributed by atoms with van der Waals surface area (Å²) in [5.41, 5.74) is -0.736. The van der Waals surface area contributed by atoms with Crippen molar-refractivity contribution < 1.29 is 28.6 Å². The Balaban J connectivity index is 1.91. The highest BCUT2D eigenvalue weighted by Crippen LogP contribution is 2.33. The van der Waals surface area contributed by atoms with Crippen LogP contribution < -0.4 is 4.74 Å². The number of likely N-dealkylation sites (tertiary alicyclic amines) is 1. The Labute approximate surface area is 143 Å². The topological polar surface area (TPSA) is 91.9 Å². The molecule has 1 unspecified atom stereocenters. The average Bonchev–Trinajstić information content (AvgIpc) is 3.21. The summed E-state index contributed by atoms with van der Waals surface area (Å²) in [6.45, 7) is 0.370. The molecule has 25 heavy (non-hydrogen) atoms. The molecule has 7 nitrogen and oxygen atoms in total. The molecule has 1 fully saturated rings. The summed E-state index contributed by atoms with van der Waals surface area (Å²) in [5.74, 6) is -1.41. The number of nitrogens with zero attached hydrogens (tertiary/aromatic N) is 1. The number of H-pyrrole nitrogens is 1. The number of amides is 1. The number of aliphatic carboxylic acids is 1. The summed E-state index contributed by atoms with van der Waals surface area (Å²) < 4.78 is 24.2. The number of hydrogen-bond donors (Lipinski definition) is 2.